The van der Waals surface area contributed by atoms with Gasteiger partial charge in [-0.2, -0.15) is 5.10 Å². The first-order valence-corrected chi connectivity index (χ1v) is 14.7. The Labute approximate surface area is 244 Å². The Balaban J connectivity index is 1.15. The number of benzene rings is 2. The number of carbonyl (C=O) groups excluding carboxylic acids is 1. The number of aromatic nitrogens is 4. The third kappa shape index (κ3) is 5.34. The number of carbonyl (C=O) groups is 1. The Kier molecular flexibility index (Phi) is 7.53. The van der Waals surface area contributed by atoms with Crippen LogP contribution in [0.4, 0.5) is 4.39 Å². The Morgan fingerprint density at radius 3 is 2.62 bits per heavy atom. The molecule has 0 saturated carbocycles. The van der Waals surface area contributed by atoms with Crippen LogP contribution in [0.3, 0.4) is 0 Å². The Bertz CT molecular complexity index is 1600. The van der Waals surface area contributed by atoms with Crippen LogP contribution in [0.15, 0.2) is 47.3 Å². The van der Waals surface area contributed by atoms with E-state index >= 15 is 0 Å². The highest BCUT2D eigenvalue weighted by molar-refractivity contribution is 14.1. The van der Waals surface area contributed by atoms with Crippen LogP contribution in [0.1, 0.15) is 37.1 Å². The predicted octanol–water partition coefficient (Wildman–Crippen LogP) is 3.54. The van der Waals surface area contributed by atoms with E-state index in [9.17, 15) is 19.1 Å². The SMILES string of the molecule is CC(=O)N1CCc2c(c(-c3ccc(I)cc3)nn2CC(O)CN2CCC(n3c(=O)[nH]c4ccc(F)cc43)CC2)C1. The molecule has 9 nitrogen and oxygen atoms in total. The molecule has 6 rings (SSSR count). The fourth-order valence-electron chi connectivity index (χ4n) is 6.12. The Morgan fingerprint density at radius 2 is 1.90 bits per heavy atom. The van der Waals surface area contributed by atoms with E-state index < -0.39 is 6.10 Å². The van der Waals surface area contributed by atoms with Crippen molar-refractivity contribution >= 4 is 39.5 Å². The van der Waals surface area contributed by atoms with E-state index in [0.29, 0.717) is 43.6 Å². The average molecular weight is 659 g/mol. The zero-order valence-corrected chi connectivity index (χ0v) is 24.5. The van der Waals surface area contributed by atoms with E-state index in [1.165, 1.54) is 12.1 Å². The summed E-state index contributed by atoms with van der Waals surface area (Å²) in [5.41, 5.74) is 5.03. The van der Waals surface area contributed by atoms with Gasteiger partial charge in [-0.3, -0.25) is 14.0 Å². The van der Waals surface area contributed by atoms with Gasteiger partial charge in [0.15, 0.2) is 0 Å². The smallest absolute Gasteiger partial charge is 0.326 e. The number of hydrogen-bond donors (Lipinski definition) is 2. The number of rotatable bonds is 6. The molecular weight excluding hydrogens is 626 g/mol. The number of β-amino-alcohol motifs (C(OH)–C–C–N with tert-alkyl or cyclic N) is 1. The molecule has 0 spiro atoms. The van der Waals surface area contributed by atoms with Crippen molar-refractivity contribution in [1.82, 2.24) is 29.1 Å². The van der Waals surface area contributed by atoms with E-state index in [1.54, 1.807) is 17.6 Å². The maximum atomic E-state index is 13.9. The molecule has 1 unspecified atom stereocenters. The quantitative estimate of drug-likeness (QED) is 0.309. The highest BCUT2D eigenvalue weighted by atomic mass is 127. The van der Waals surface area contributed by atoms with Gasteiger partial charge in [0.25, 0.3) is 0 Å². The molecule has 0 aliphatic carbocycles. The van der Waals surface area contributed by atoms with E-state index in [-0.39, 0.29) is 23.5 Å². The van der Waals surface area contributed by atoms with Crippen LogP contribution in [-0.4, -0.2) is 72.4 Å². The highest BCUT2D eigenvalue weighted by Gasteiger charge is 2.29. The summed E-state index contributed by atoms with van der Waals surface area (Å²) in [6.45, 7) is 5.09. The maximum Gasteiger partial charge on any atom is 0.326 e. The minimum atomic E-state index is -0.624. The van der Waals surface area contributed by atoms with Crippen molar-refractivity contribution in [3.63, 3.8) is 0 Å². The van der Waals surface area contributed by atoms with Gasteiger partial charge in [0.05, 0.1) is 29.4 Å². The molecular formula is C29H32FIN6O3. The van der Waals surface area contributed by atoms with Crippen molar-refractivity contribution in [2.45, 2.75) is 51.4 Å². The van der Waals surface area contributed by atoms with Crippen molar-refractivity contribution in [3.05, 3.63) is 73.6 Å². The normalized spacial score (nSPS) is 17.4. The van der Waals surface area contributed by atoms with Crippen molar-refractivity contribution < 1.29 is 14.3 Å². The molecule has 11 heteroatoms. The van der Waals surface area contributed by atoms with Gasteiger partial charge < -0.3 is 19.9 Å². The van der Waals surface area contributed by atoms with Gasteiger partial charge in [-0.15, -0.1) is 0 Å². The summed E-state index contributed by atoms with van der Waals surface area (Å²) in [7, 11) is 0. The molecule has 4 aromatic rings. The summed E-state index contributed by atoms with van der Waals surface area (Å²) in [6, 6.07) is 12.5. The molecule has 1 amide bonds. The van der Waals surface area contributed by atoms with E-state index in [2.05, 4.69) is 44.6 Å². The van der Waals surface area contributed by atoms with Gasteiger partial charge in [0, 0.05) is 72.5 Å². The number of nitrogens with one attached hydrogen (secondary N) is 1. The van der Waals surface area contributed by atoms with Gasteiger partial charge >= 0.3 is 5.69 Å². The van der Waals surface area contributed by atoms with Crippen LogP contribution in [0.2, 0.25) is 0 Å². The van der Waals surface area contributed by atoms with Crippen molar-refractivity contribution in [1.29, 1.82) is 0 Å². The van der Waals surface area contributed by atoms with Gasteiger partial charge in [-0.1, -0.05) is 12.1 Å². The first-order valence-electron chi connectivity index (χ1n) is 13.7. The zero-order valence-electron chi connectivity index (χ0n) is 22.3. The van der Waals surface area contributed by atoms with E-state index in [1.807, 2.05) is 21.7 Å². The molecule has 2 aromatic carbocycles. The lowest BCUT2D eigenvalue weighted by atomic mass is 10.0. The molecule has 1 fully saturated rings. The molecule has 1 saturated heterocycles. The lowest BCUT2D eigenvalue weighted by Gasteiger charge is -2.33. The average Bonchev–Trinajstić information content (AvgIpc) is 3.45. The summed E-state index contributed by atoms with van der Waals surface area (Å²) in [5, 5.41) is 16.0. The van der Waals surface area contributed by atoms with Crippen LogP contribution in [0, 0.1) is 9.39 Å². The number of piperidine rings is 1. The lowest BCUT2D eigenvalue weighted by Crippen LogP contribution is -2.42. The minimum Gasteiger partial charge on any atom is -0.390 e. The topological polar surface area (TPSA) is 99.4 Å². The number of imidazole rings is 1. The molecule has 4 heterocycles. The molecule has 1 atom stereocenters. The second kappa shape index (κ2) is 11.1. The third-order valence-electron chi connectivity index (χ3n) is 8.15. The standard InChI is InChI=1S/C29H32FIN6O3/c1-18(38)35-13-10-26-24(17-35)28(19-2-5-21(31)6-3-19)33-36(26)16-23(39)15-34-11-8-22(9-12-34)37-27-14-20(30)4-7-25(27)32-29(37)40/h2-7,14,22-23,39H,8-13,15-17H2,1H3,(H,32,40). The summed E-state index contributed by atoms with van der Waals surface area (Å²) >= 11 is 2.28. The van der Waals surface area contributed by atoms with Gasteiger partial charge in [0.2, 0.25) is 5.91 Å². The van der Waals surface area contributed by atoms with Crippen molar-refractivity contribution in [2.24, 2.45) is 0 Å². The third-order valence-corrected chi connectivity index (χ3v) is 8.87. The second-order valence-electron chi connectivity index (χ2n) is 10.8. The summed E-state index contributed by atoms with van der Waals surface area (Å²) < 4.78 is 18.6. The molecule has 210 valence electrons. The number of likely N-dealkylation sites (tertiary alicyclic amines) is 1. The first kappa shape index (κ1) is 27.2. The number of aliphatic hydroxyl groups excluding tert-OH is 1. The molecule has 0 radical (unpaired) electrons. The maximum absolute atomic E-state index is 13.9. The number of nitrogens with zero attached hydrogens (tertiary/aromatic N) is 5. The molecule has 2 aliphatic heterocycles. The molecule has 2 aliphatic rings. The van der Waals surface area contributed by atoms with Crippen LogP contribution >= 0.6 is 22.6 Å². The fraction of sp³-hybridized carbons (Fsp3) is 0.414. The summed E-state index contributed by atoms with van der Waals surface area (Å²) in [6.07, 6.45) is 1.56. The second-order valence-corrected chi connectivity index (χ2v) is 12.0. The number of H-pyrrole nitrogens is 1. The number of halogens is 2. The number of aromatic amines is 1. The summed E-state index contributed by atoms with van der Waals surface area (Å²) in [4.78, 5) is 31.6. The predicted molar refractivity (Wildman–Crippen MR) is 158 cm³/mol. The lowest BCUT2D eigenvalue weighted by molar-refractivity contribution is -0.129. The van der Waals surface area contributed by atoms with Crippen LogP contribution < -0.4 is 5.69 Å². The van der Waals surface area contributed by atoms with Gasteiger partial charge in [0.1, 0.15) is 5.82 Å². The molecule has 40 heavy (non-hydrogen) atoms. The Hall–Kier alpha value is -3.03. The monoisotopic (exact) mass is 658 g/mol. The number of amides is 1. The minimum absolute atomic E-state index is 0.0182. The van der Waals surface area contributed by atoms with E-state index in [0.717, 1.165) is 52.0 Å². The van der Waals surface area contributed by atoms with Crippen LogP contribution in [0.5, 0.6) is 0 Å². The fourth-order valence-corrected chi connectivity index (χ4v) is 6.48. The summed E-state index contributed by atoms with van der Waals surface area (Å²) in [5.74, 6) is -0.309. The molecule has 0 bridgehead atoms. The Morgan fingerprint density at radius 1 is 1.15 bits per heavy atom. The largest absolute Gasteiger partial charge is 0.390 e. The number of fused-ring (bicyclic) bond motifs is 2. The highest BCUT2D eigenvalue weighted by Crippen LogP contribution is 2.31. The molecule has 2 aromatic heterocycles. The zero-order chi connectivity index (χ0) is 28.0. The van der Waals surface area contributed by atoms with Crippen LogP contribution in [0.25, 0.3) is 22.3 Å². The van der Waals surface area contributed by atoms with Crippen molar-refractivity contribution in [3.8, 4) is 11.3 Å². The van der Waals surface area contributed by atoms with Crippen LogP contribution in [-0.2, 0) is 24.3 Å². The number of hydrogen-bond acceptors (Lipinski definition) is 5. The first-order chi connectivity index (χ1) is 19.3. The van der Waals surface area contributed by atoms with Gasteiger partial charge in [-0.05, 0) is 65.8 Å². The van der Waals surface area contributed by atoms with E-state index in [4.69, 9.17) is 5.10 Å². The van der Waals surface area contributed by atoms with Crippen molar-refractivity contribution in [2.75, 3.05) is 26.2 Å². The van der Waals surface area contributed by atoms with Gasteiger partial charge in [-0.25, -0.2) is 9.18 Å². The molecule has 2 N–H and O–H groups in total. The number of aliphatic hydroxyl groups is 1.